The Morgan fingerprint density at radius 3 is 2.72 bits per heavy atom. The highest BCUT2D eigenvalue weighted by molar-refractivity contribution is 5.79. The Kier molecular flexibility index (Phi) is 10.8. The number of nitrogens with one attached hydrogen (secondary N) is 2. The van der Waals surface area contributed by atoms with E-state index in [1.807, 2.05) is 42.6 Å². The third-order valence-electron chi connectivity index (χ3n) is 9.42. The SMILES string of the molecule is NCCCCN(C[C@@H]1CN(C[C@@](O)(NC(=O)C2CCC(F)(F)CC2)c2ccccc2)CCN1)[C@H]1CCCc2cccnc21. The second-order valence-electron chi connectivity index (χ2n) is 12.7. The Morgan fingerprint density at radius 1 is 1.16 bits per heavy atom. The van der Waals surface area contributed by atoms with Gasteiger partial charge in [0, 0.05) is 62.7 Å². The number of fused-ring (bicyclic) bond motifs is 1. The van der Waals surface area contributed by atoms with Crippen molar-refractivity contribution in [3.05, 3.63) is 65.5 Å². The predicted molar refractivity (Wildman–Crippen MR) is 163 cm³/mol. The molecule has 2 aliphatic carbocycles. The van der Waals surface area contributed by atoms with Crippen LogP contribution < -0.4 is 16.4 Å². The molecule has 0 radical (unpaired) electrons. The largest absolute Gasteiger partial charge is 0.366 e. The van der Waals surface area contributed by atoms with Crippen molar-refractivity contribution in [3.63, 3.8) is 0 Å². The van der Waals surface area contributed by atoms with E-state index in [1.54, 1.807) is 0 Å². The van der Waals surface area contributed by atoms with E-state index < -0.39 is 17.6 Å². The smallest absolute Gasteiger partial charge is 0.248 e. The molecule has 1 aromatic heterocycles. The number of hydrogen-bond acceptors (Lipinski definition) is 7. The van der Waals surface area contributed by atoms with Gasteiger partial charge in [0.05, 0.1) is 18.3 Å². The van der Waals surface area contributed by atoms with E-state index in [9.17, 15) is 18.7 Å². The van der Waals surface area contributed by atoms with Gasteiger partial charge in [-0.05, 0) is 69.7 Å². The highest BCUT2D eigenvalue weighted by Gasteiger charge is 2.41. The number of benzene rings is 1. The van der Waals surface area contributed by atoms with Crippen molar-refractivity contribution >= 4 is 5.91 Å². The number of rotatable bonds is 12. The van der Waals surface area contributed by atoms with Gasteiger partial charge in [-0.25, -0.2) is 8.78 Å². The van der Waals surface area contributed by atoms with Crippen molar-refractivity contribution in [2.24, 2.45) is 11.7 Å². The molecule has 2 heterocycles. The van der Waals surface area contributed by atoms with Crippen molar-refractivity contribution in [3.8, 4) is 0 Å². The van der Waals surface area contributed by atoms with Crippen molar-refractivity contribution in [2.75, 3.05) is 45.8 Å². The topological polar surface area (TPSA) is 107 Å². The zero-order valence-corrected chi connectivity index (χ0v) is 25.2. The Balaban J connectivity index is 1.28. The number of aromatic nitrogens is 1. The van der Waals surface area contributed by atoms with E-state index in [4.69, 9.17) is 10.7 Å². The number of unbranched alkanes of at least 4 members (excludes halogenated alkanes) is 1. The molecular weight excluding hydrogens is 550 g/mol. The van der Waals surface area contributed by atoms with Crippen LogP contribution in [-0.4, -0.2) is 83.6 Å². The summed E-state index contributed by atoms with van der Waals surface area (Å²) in [6.45, 7) is 4.86. The van der Waals surface area contributed by atoms with Crippen LogP contribution in [0.15, 0.2) is 48.7 Å². The summed E-state index contributed by atoms with van der Waals surface area (Å²) in [4.78, 5) is 22.8. The molecule has 1 amide bonds. The highest BCUT2D eigenvalue weighted by atomic mass is 19.3. The summed E-state index contributed by atoms with van der Waals surface area (Å²) in [7, 11) is 0. The van der Waals surface area contributed by atoms with Crippen molar-refractivity contribution in [1.82, 2.24) is 25.4 Å². The lowest BCUT2D eigenvalue weighted by Crippen LogP contribution is -2.61. The molecule has 0 bridgehead atoms. The minimum Gasteiger partial charge on any atom is -0.366 e. The quantitative estimate of drug-likeness (QED) is 0.219. The number of nitrogens with two attached hydrogens (primary N) is 1. The van der Waals surface area contributed by atoms with E-state index >= 15 is 0 Å². The monoisotopic (exact) mass is 598 g/mol. The van der Waals surface area contributed by atoms with Crippen LogP contribution in [0.2, 0.25) is 0 Å². The average Bonchev–Trinajstić information content (AvgIpc) is 3.01. The van der Waals surface area contributed by atoms with Crippen LogP contribution in [0.25, 0.3) is 0 Å². The minimum absolute atomic E-state index is 0.124. The molecule has 1 saturated carbocycles. The number of aryl methyl sites for hydroxylation is 1. The number of carbonyl (C=O) groups is 1. The van der Waals surface area contributed by atoms with Gasteiger partial charge >= 0.3 is 0 Å². The normalized spacial score (nSPS) is 24.3. The first-order valence-electron chi connectivity index (χ1n) is 16.1. The summed E-state index contributed by atoms with van der Waals surface area (Å²) in [5, 5.41) is 18.6. The van der Waals surface area contributed by atoms with Gasteiger partial charge in [0.25, 0.3) is 0 Å². The third-order valence-corrected chi connectivity index (χ3v) is 9.42. The molecule has 0 unspecified atom stereocenters. The summed E-state index contributed by atoms with van der Waals surface area (Å²) >= 11 is 0. The number of aliphatic hydroxyl groups is 1. The van der Waals surface area contributed by atoms with E-state index in [-0.39, 0.29) is 50.2 Å². The number of hydrogen-bond donors (Lipinski definition) is 4. The van der Waals surface area contributed by atoms with Gasteiger partial charge in [0.15, 0.2) is 5.72 Å². The fourth-order valence-corrected chi connectivity index (χ4v) is 7.07. The van der Waals surface area contributed by atoms with Gasteiger partial charge in [-0.2, -0.15) is 0 Å². The fraction of sp³-hybridized carbons (Fsp3) is 0.636. The molecule has 5 N–H and O–H groups in total. The summed E-state index contributed by atoms with van der Waals surface area (Å²) in [6, 6.07) is 13.8. The molecule has 10 heteroatoms. The van der Waals surface area contributed by atoms with Gasteiger partial charge < -0.3 is 21.5 Å². The molecule has 2 aromatic rings. The number of nitrogens with zero attached hydrogens (tertiary/aromatic N) is 3. The van der Waals surface area contributed by atoms with Gasteiger partial charge in [-0.3, -0.25) is 19.6 Å². The molecule has 3 aliphatic rings. The first-order valence-corrected chi connectivity index (χ1v) is 16.1. The van der Waals surface area contributed by atoms with E-state index in [0.717, 1.165) is 58.3 Å². The first-order chi connectivity index (χ1) is 20.8. The standard InChI is InChI=1S/C33H48F2N6O2/c34-32(35)15-13-26(14-16-32)31(42)39-33(43,27-10-2-1-3-11-27)24-40-21-19-37-28(22-40)23-41(20-5-4-17-36)29-12-6-8-25-9-7-18-38-30(25)29/h1-3,7,9-11,18,26,28-29,37,43H,4-6,8,12-17,19-24,36H2,(H,39,42)/t28-,29-,33-/m0/s1. The lowest BCUT2D eigenvalue weighted by Gasteiger charge is -2.43. The molecule has 236 valence electrons. The van der Waals surface area contributed by atoms with Crippen LogP contribution in [-0.2, 0) is 16.9 Å². The number of piperazine rings is 1. The maximum Gasteiger partial charge on any atom is 0.248 e. The zero-order valence-electron chi connectivity index (χ0n) is 25.2. The van der Waals surface area contributed by atoms with Crippen LogP contribution in [0.3, 0.4) is 0 Å². The van der Waals surface area contributed by atoms with Crippen LogP contribution in [0.4, 0.5) is 8.78 Å². The lowest BCUT2D eigenvalue weighted by atomic mass is 9.85. The van der Waals surface area contributed by atoms with Crippen LogP contribution >= 0.6 is 0 Å². The summed E-state index contributed by atoms with van der Waals surface area (Å²) < 4.78 is 27.5. The van der Waals surface area contributed by atoms with E-state index in [0.29, 0.717) is 18.7 Å². The van der Waals surface area contributed by atoms with E-state index in [2.05, 4.69) is 26.5 Å². The minimum atomic E-state index is -2.71. The number of alkyl halides is 2. The second kappa shape index (κ2) is 14.5. The van der Waals surface area contributed by atoms with E-state index in [1.165, 1.54) is 11.3 Å². The van der Waals surface area contributed by atoms with Gasteiger partial charge in [0.1, 0.15) is 0 Å². The Labute approximate surface area is 254 Å². The first kappa shape index (κ1) is 31.9. The number of β-amino-alcohol motifs (C(OH)–C–C–N with tert-alkyl or cyclic N) is 1. The second-order valence-corrected chi connectivity index (χ2v) is 12.7. The Hall–Kier alpha value is -2.50. The van der Waals surface area contributed by atoms with Crippen molar-refractivity contribution in [2.45, 2.75) is 81.5 Å². The van der Waals surface area contributed by atoms with Gasteiger partial charge in [0.2, 0.25) is 11.8 Å². The molecule has 1 saturated heterocycles. The molecule has 1 aliphatic heterocycles. The summed E-state index contributed by atoms with van der Waals surface area (Å²) in [5.74, 6) is -3.60. The maximum absolute atomic E-state index is 13.8. The molecular formula is C33H48F2N6O2. The number of halogens is 2. The summed E-state index contributed by atoms with van der Waals surface area (Å²) in [6.07, 6.45) is 6.85. The molecule has 43 heavy (non-hydrogen) atoms. The summed E-state index contributed by atoms with van der Waals surface area (Å²) in [5.41, 5.74) is 7.32. The number of pyridine rings is 1. The average molecular weight is 599 g/mol. The molecule has 3 atom stereocenters. The lowest BCUT2D eigenvalue weighted by molar-refractivity contribution is -0.139. The molecule has 0 spiro atoms. The zero-order chi connectivity index (χ0) is 30.3. The van der Waals surface area contributed by atoms with Crippen molar-refractivity contribution < 1.29 is 18.7 Å². The van der Waals surface area contributed by atoms with Gasteiger partial charge in [-0.15, -0.1) is 0 Å². The number of carbonyl (C=O) groups excluding carboxylic acids is 1. The molecule has 8 nitrogen and oxygen atoms in total. The molecule has 1 aromatic carbocycles. The maximum atomic E-state index is 13.8. The van der Waals surface area contributed by atoms with Crippen LogP contribution in [0.5, 0.6) is 0 Å². The van der Waals surface area contributed by atoms with Crippen molar-refractivity contribution in [1.29, 1.82) is 0 Å². The Morgan fingerprint density at radius 2 is 1.95 bits per heavy atom. The molecule has 2 fully saturated rings. The van der Waals surface area contributed by atoms with Gasteiger partial charge in [-0.1, -0.05) is 36.4 Å². The third kappa shape index (κ3) is 8.36. The number of amides is 1. The van der Waals surface area contributed by atoms with Crippen LogP contribution in [0.1, 0.15) is 74.2 Å². The predicted octanol–water partition coefficient (Wildman–Crippen LogP) is 3.56. The fourth-order valence-electron chi connectivity index (χ4n) is 7.07. The molecule has 5 rings (SSSR count). The van der Waals surface area contributed by atoms with Crippen LogP contribution in [0, 0.1) is 5.92 Å². The Bertz CT molecular complexity index is 1180. The highest BCUT2D eigenvalue weighted by Crippen LogP contribution is 2.37.